The summed E-state index contributed by atoms with van der Waals surface area (Å²) in [6.45, 7) is 0. The molecule has 4 aromatic rings. The van der Waals surface area contributed by atoms with Crippen molar-refractivity contribution >= 4 is 50.3 Å². The number of carboxylic acid groups (broad SMARTS) is 1. The summed E-state index contributed by atoms with van der Waals surface area (Å²) >= 11 is 13.3. The summed E-state index contributed by atoms with van der Waals surface area (Å²) in [7, 11) is -3.86. The van der Waals surface area contributed by atoms with Crippen molar-refractivity contribution in [3.8, 4) is 26.7 Å². The van der Waals surface area contributed by atoms with Crippen molar-refractivity contribution in [2.24, 2.45) is 0 Å². The van der Waals surface area contributed by atoms with E-state index in [1.54, 1.807) is 12.1 Å². The fraction of sp³-hybridized carbons (Fsp3) is 0.0909. The molecule has 0 aliphatic rings. The van der Waals surface area contributed by atoms with Crippen LogP contribution in [0.25, 0.3) is 26.7 Å². The zero-order valence-corrected chi connectivity index (χ0v) is 20.6. The Labute approximate surface area is 211 Å². The lowest BCUT2D eigenvalue weighted by Crippen LogP contribution is -2.07. The highest BCUT2D eigenvalue weighted by Gasteiger charge is 2.36. The van der Waals surface area contributed by atoms with Crippen LogP contribution in [0.3, 0.4) is 0 Å². The van der Waals surface area contributed by atoms with Gasteiger partial charge in [0, 0.05) is 16.2 Å². The number of hydrogen-bond acceptors (Lipinski definition) is 5. The molecule has 2 aromatic carbocycles. The Morgan fingerprint density at radius 2 is 1.71 bits per heavy atom. The van der Waals surface area contributed by atoms with Gasteiger partial charge in [-0.1, -0.05) is 29.3 Å². The van der Waals surface area contributed by atoms with Gasteiger partial charge in [0.25, 0.3) is 0 Å². The fourth-order valence-electron chi connectivity index (χ4n) is 3.32. The lowest BCUT2D eigenvalue weighted by Gasteiger charge is -2.09. The molecule has 0 aliphatic heterocycles. The maximum absolute atomic E-state index is 13.5. The summed E-state index contributed by atoms with van der Waals surface area (Å²) in [5.41, 5.74) is -0.900. The highest BCUT2D eigenvalue weighted by molar-refractivity contribution is 7.90. The second-order valence-electron chi connectivity index (χ2n) is 7.37. The first-order chi connectivity index (χ1) is 16.3. The maximum Gasteiger partial charge on any atom is 0.435 e. The zero-order chi connectivity index (χ0) is 25.7. The van der Waals surface area contributed by atoms with Crippen molar-refractivity contribution < 1.29 is 31.5 Å². The SMILES string of the molecule is CS(=O)(=O)c1cc(-c2ccc(-c3cc(C(F)(F)F)nn3-c3cc(Cl)ccc3Cl)s2)ccc1C(=O)O. The van der Waals surface area contributed by atoms with Crippen LogP contribution >= 0.6 is 34.5 Å². The van der Waals surface area contributed by atoms with E-state index in [1.165, 1.54) is 36.4 Å². The minimum Gasteiger partial charge on any atom is -0.478 e. The fourth-order valence-corrected chi connectivity index (χ4v) is 5.58. The highest BCUT2D eigenvalue weighted by atomic mass is 35.5. The van der Waals surface area contributed by atoms with Gasteiger partial charge in [0.15, 0.2) is 15.5 Å². The Morgan fingerprint density at radius 3 is 2.34 bits per heavy atom. The number of carboxylic acids is 1. The normalized spacial score (nSPS) is 12.2. The Kier molecular flexibility index (Phi) is 6.47. The quantitative estimate of drug-likeness (QED) is 0.293. The van der Waals surface area contributed by atoms with Gasteiger partial charge >= 0.3 is 12.1 Å². The topological polar surface area (TPSA) is 89.3 Å². The molecule has 0 spiro atoms. The first kappa shape index (κ1) is 25.2. The van der Waals surface area contributed by atoms with Gasteiger partial charge in [-0.15, -0.1) is 11.3 Å². The molecule has 6 nitrogen and oxygen atoms in total. The van der Waals surface area contributed by atoms with E-state index in [1.807, 2.05) is 0 Å². The van der Waals surface area contributed by atoms with Crippen LogP contribution in [0.2, 0.25) is 10.0 Å². The van der Waals surface area contributed by atoms with E-state index in [9.17, 15) is 31.5 Å². The van der Waals surface area contributed by atoms with Crippen molar-refractivity contribution in [3.63, 3.8) is 0 Å². The summed E-state index contributed by atoms with van der Waals surface area (Å²) < 4.78 is 65.7. The third kappa shape index (κ3) is 5.08. The minimum absolute atomic E-state index is 0.0863. The van der Waals surface area contributed by atoms with E-state index in [0.717, 1.165) is 28.3 Å². The number of sulfone groups is 1. The second kappa shape index (κ2) is 8.98. The Bertz CT molecular complexity index is 1580. The molecular formula is C22H13Cl2F3N2O4S2. The molecule has 0 unspecified atom stereocenters. The first-order valence-corrected chi connectivity index (χ1v) is 13.0. The largest absolute Gasteiger partial charge is 0.478 e. The molecule has 0 fully saturated rings. The van der Waals surface area contributed by atoms with Crippen LogP contribution in [0.1, 0.15) is 16.1 Å². The lowest BCUT2D eigenvalue weighted by atomic mass is 10.1. The van der Waals surface area contributed by atoms with Gasteiger partial charge in [-0.2, -0.15) is 18.3 Å². The minimum atomic E-state index is -4.72. The van der Waals surface area contributed by atoms with E-state index >= 15 is 0 Å². The smallest absolute Gasteiger partial charge is 0.435 e. The molecule has 4 rings (SSSR count). The van der Waals surface area contributed by atoms with Gasteiger partial charge in [0.05, 0.1) is 31.7 Å². The first-order valence-electron chi connectivity index (χ1n) is 9.56. The molecule has 2 heterocycles. The second-order valence-corrected chi connectivity index (χ2v) is 11.3. The van der Waals surface area contributed by atoms with Crippen molar-refractivity contribution in [1.29, 1.82) is 0 Å². The number of nitrogens with zero attached hydrogens (tertiary/aromatic N) is 2. The van der Waals surface area contributed by atoms with Gasteiger partial charge in [-0.05, 0) is 54.1 Å². The van der Waals surface area contributed by atoms with Crippen LogP contribution in [0.5, 0.6) is 0 Å². The number of aromatic nitrogens is 2. The number of rotatable bonds is 5. The van der Waals surface area contributed by atoms with Crippen LogP contribution in [0.4, 0.5) is 13.2 Å². The number of carbonyl (C=O) groups is 1. The van der Waals surface area contributed by atoms with Gasteiger partial charge in [-0.3, -0.25) is 0 Å². The predicted octanol–water partition coefficient (Wildman–Crippen LogP) is 6.70. The number of halogens is 5. The van der Waals surface area contributed by atoms with Gasteiger partial charge in [-0.25, -0.2) is 17.9 Å². The Morgan fingerprint density at radius 1 is 1.03 bits per heavy atom. The van der Waals surface area contributed by atoms with Crippen LogP contribution < -0.4 is 0 Å². The monoisotopic (exact) mass is 560 g/mol. The average Bonchev–Trinajstić information content (AvgIpc) is 3.41. The van der Waals surface area contributed by atoms with E-state index in [4.69, 9.17) is 23.2 Å². The molecule has 0 saturated carbocycles. The molecule has 0 aliphatic carbocycles. The molecule has 13 heteroatoms. The van der Waals surface area contributed by atoms with Crippen LogP contribution in [-0.2, 0) is 16.0 Å². The number of hydrogen-bond donors (Lipinski definition) is 1. The maximum atomic E-state index is 13.5. The number of thiophene rings is 1. The lowest BCUT2D eigenvalue weighted by molar-refractivity contribution is -0.141. The molecule has 35 heavy (non-hydrogen) atoms. The average molecular weight is 561 g/mol. The van der Waals surface area contributed by atoms with Gasteiger partial charge < -0.3 is 5.11 Å². The van der Waals surface area contributed by atoms with Crippen LogP contribution in [0, 0.1) is 0 Å². The molecule has 2 aromatic heterocycles. The van der Waals surface area contributed by atoms with Crippen molar-refractivity contribution in [2.45, 2.75) is 11.1 Å². The number of aromatic carboxylic acids is 1. The van der Waals surface area contributed by atoms with Crippen molar-refractivity contribution in [3.05, 3.63) is 75.9 Å². The Hall–Kier alpha value is -2.86. The van der Waals surface area contributed by atoms with E-state index in [0.29, 0.717) is 15.3 Å². The molecule has 0 bridgehead atoms. The van der Waals surface area contributed by atoms with Gasteiger partial charge in [0.2, 0.25) is 0 Å². The van der Waals surface area contributed by atoms with Gasteiger partial charge in [0.1, 0.15) is 0 Å². The zero-order valence-electron chi connectivity index (χ0n) is 17.5. The predicted molar refractivity (Wildman–Crippen MR) is 127 cm³/mol. The molecule has 0 saturated heterocycles. The summed E-state index contributed by atoms with van der Waals surface area (Å²) in [5, 5.41) is 13.4. The van der Waals surface area contributed by atoms with Crippen LogP contribution in [0.15, 0.2) is 59.5 Å². The molecular weight excluding hydrogens is 548 g/mol. The summed E-state index contributed by atoms with van der Waals surface area (Å²) in [6.07, 6.45) is -3.83. The summed E-state index contributed by atoms with van der Waals surface area (Å²) in [4.78, 5) is 11.9. The van der Waals surface area contributed by atoms with Crippen molar-refractivity contribution in [2.75, 3.05) is 6.26 Å². The molecule has 0 atom stereocenters. The molecule has 0 radical (unpaired) electrons. The number of benzene rings is 2. The molecule has 0 amide bonds. The Balaban J connectivity index is 1.87. The molecule has 182 valence electrons. The van der Waals surface area contributed by atoms with E-state index < -0.39 is 27.7 Å². The molecule has 1 N–H and O–H groups in total. The third-order valence-electron chi connectivity index (χ3n) is 4.89. The summed E-state index contributed by atoms with van der Waals surface area (Å²) in [6, 6.07) is 12.2. The van der Waals surface area contributed by atoms with Crippen molar-refractivity contribution in [1.82, 2.24) is 9.78 Å². The third-order valence-corrected chi connectivity index (χ3v) is 7.74. The van der Waals surface area contributed by atoms with E-state index in [2.05, 4.69) is 5.10 Å². The standard InChI is InChI=1S/C22H13Cl2F3N2O4S2/c1-35(32,33)19-8-11(2-4-13(19)21(30)31)17-6-7-18(34-17)16-10-20(22(25,26)27)28-29(16)15-9-12(23)3-5-14(15)24/h2-10H,1H3,(H,30,31). The number of alkyl halides is 3. The summed E-state index contributed by atoms with van der Waals surface area (Å²) in [5.74, 6) is -1.40. The highest BCUT2D eigenvalue weighted by Crippen LogP contribution is 2.40. The van der Waals surface area contributed by atoms with E-state index in [-0.39, 0.29) is 31.9 Å². The van der Waals surface area contributed by atoms with Crippen LogP contribution in [-0.4, -0.2) is 35.5 Å².